The third-order valence-corrected chi connectivity index (χ3v) is 8.59. The summed E-state index contributed by atoms with van der Waals surface area (Å²) in [6.45, 7) is 0. The Bertz CT molecular complexity index is 2420. The maximum Gasteiger partial charge on any atom is 0.162 e. The number of hydrogen-bond acceptors (Lipinski definition) is 2. The fourth-order valence-electron chi connectivity index (χ4n) is 6.65. The highest BCUT2D eigenvalue weighted by Crippen LogP contribution is 2.38. The van der Waals surface area contributed by atoms with Gasteiger partial charge in [-0.3, -0.25) is 4.57 Å². The van der Waals surface area contributed by atoms with Crippen LogP contribution in [0.15, 0.2) is 152 Å². The molecule has 0 bridgehead atoms. The largest absolute Gasteiger partial charge is 0.294 e. The van der Waals surface area contributed by atoms with Crippen LogP contribution >= 0.6 is 0 Å². The van der Waals surface area contributed by atoms with Crippen LogP contribution in [0.1, 0.15) is 0 Å². The lowest BCUT2D eigenvalue weighted by Crippen LogP contribution is -2.02. The van der Waals surface area contributed by atoms with Gasteiger partial charge in [0.25, 0.3) is 0 Å². The van der Waals surface area contributed by atoms with Crippen molar-refractivity contribution < 1.29 is 0 Å². The Kier molecular flexibility index (Phi) is 5.20. The van der Waals surface area contributed by atoms with E-state index in [-0.39, 0.29) is 0 Å². The number of nitrogens with zero attached hydrogens (tertiary/aromatic N) is 3. The number of fused-ring (bicyclic) bond motifs is 9. The lowest BCUT2D eigenvalue weighted by atomic mass is 9.93. The van der Waals surface area contributed by atoms with E-state index in [0.29, 0.717) is 5.82 Å². The van der Waals surface area contributed by atoms with Gasteiger partial charge in [0.15, 0.2) is 5.82 Å². The van der Waals surface area contributed by atoms with Crippen molar-refractivity contribution in [2.24, 2.45) is 0 Å². The van der Waals surface area contributed by atoms with E-state index in [1.54, 1.807) is 0 Å². The van der Waals surface area contributed by atoms with Gasteiger partial charge in [0.2, 0.25) is 0 Å². The predicted molar refractivity (Wildman–Crippen MR) is 180 cm³/mol. The highest BCUT2D eigenvalue weighted by molar-refractivity contribution is 6.25. The van der Waals surface area contributed by atoms with E-state index < -0.39 is 0 Å². The number of rotatable bonds is 3. The molecular weight excluding hydrogens is 522 g/mol. The van der Waals surface area contributed by atoms with Gasteiger partial charge in [-0.2, -0.15) is 0 Å². The molecule has 7 aromatic carbocycles. The van der Waals surface area contributed by atoms with Crippen molar-refractivity contribution >= 4 is 54.1 Å². The molecule has 2 aromatic heterocycles. The van der Waals surface area contributed by atoms with Crippen LogP contribution in [0, 0.1) is 0 Å². The molecule has 0 aliphatic carbocycles. The summed E-state index contributed by atoms with van der Waals surface area (Å²) in [5.41, 5.74) is 5.20. The van der Waals surface area contributed by atoms with Gasteiger partial charge in [-0.15, -0.1) is 0 Å². The molecule has 0 aliphatic rings. The number of para-hydroxylation sites is 2. The molecule has 3 nitrogen and oxygen atoms in total. The summed E-state index contributed by atoms with van der Waals surface area (Å²) in [5, 5.41) is 9.89. The standard InChI is InChI=1S/C40H25N3/c1-2-12-26(13-3-1)36-25-39(43-37-20-10-8-18-33(37)34-19-9-11-21-38(34)43)42-40(41-36)27-22-23-32-30-16-5-4-14-28(30)29-15-6-7-17-31(29)35(32)24-27/h1-25H. The molecule has 2 heterocycles. The van der Waals surface area contributed by atoms with E-state index in [4.69, 9.17) is 9.97 Å². The Morgan fingerprint density at radius 2 is 0.837 bits per heavy atom. The molecule has 9 rings (SSSR count). The van der Waals surface area contributed by atoms with Gasteiger partial charge >= 0.3 is 0 Å². The lowest BCUT2D eigenvalue weighted by Gasteiger charge is -2.14. The van der Waals surface area contributed by atoms with Gasteiger partial charge in [0.1, 0.15) is 5.82 Å². The van der Waals surface area contributed by atoms with Crippen LogP contribution in [-0.4, -0.2) is 14.5 Å². The van der Waals surface area contributed by atoms with Crippen LogP contribution in [0.25, 0.3) is 82.6 Å². The molecule has 0 atom stereocenters. The van der Waals surface area contributed by atoms with Crippen LogP contribution in [0.4, 0.5) is 0 Å². The fourth-order valence-corrected chi connectivity index (χ4v) is 6.65. The van der Waals surface area contributed by atoms with Crippen molar-refractivity contribution in [3.63, 3.8) is 0 Å². The average Bonchev–Trinajstić information content (AvgIpc) is 3.43. The van der Waals surface area contributed by atoms with Crippen LogP contribution in [-0.2, 0) is 0 Å². The maximum absolute atomic E-state index is 5.27. The molecule has 3 heteroatoms. The second-order valence-electron chi connectivity index (χ2n) is 11.0. The van der Waals surface area contributed by atoms with Gasteiger partial charge in [-0.05, 0) is 50.5 Å². The summed E-state index contributed by atoms with van der Waals surface area (Å²) in [6, 6.07) is 53.6. The van der Waals surface area contributed by atoms with Gasteiger partial charge in [0, 0.05) is 28.0 Å². The monoisotopic (exact) mass is 547 g/mol. The van der Waals surface area contributed by atoms with Crippen molar-refractivity contribution in [1.82, 2.24) is 14.5 Å². The molecule has 0 saturated carbocycles. The normalized spacial score (nSPS) is 11.7. The third kappa shape index (κ3) is 3.68. The number of aromatic nitrogens is 3. The summed E-state index contributed by atoms with van der Waals surface area (Å²) >= 11 is 0. The molecule has 43 heavy (non-hydrogen) atoms. The first kappa shape index (κ1) is 23.9. The minimum absolute atomic E-state index is 0.706. The fraction of sp³-hybridized carbons (Fsp3) is 0. The number of benzene rings is 7. The zero-order chi connectivity index (χ0) is 28.3. The van der Waals surface area contributed by atoms with E-state index in [9.17, 15) is 0 Å². The van der Waals surface area contributed by atoms with Gasteiger partial charge < -0.3 is 0 Å². The Morgan fingerprint density at radius 1 is 0.349 bits per heavy atom. The Labute approximate surface area is 248 Å². The third-order valence-electron chi connectivity index (χ3n) is 8.59. The first-order valence-electron chi connectivity index (χ1n) is 14.6. The van der Waals surface area contributed by atoms with E-state index in [0.717, 1.165) is 33.7 Å². The minimum atomic E-state index is 0.706. The molecule has 200 valence electrons. The minimum Gasteiger partial charge on any atom is -0.294 e. The second-order valence-corrected chi connectivity index (χ2v) is 11.0. The molecular formula is C40H25N3. The van der Waals surface area contributed by atoms with Crippen molar-refractivity contribution in [3.05, 3.63) is 152 Å². The Balaban J connectivity index is 1.35. The average molecular weight is 548 g/mol. The molecule has 0 unspecified atom stereocenters. The van der Waals surface area contributed by atoms with E-state index in [1.807, 2.05) is 6.07 Å². The molecule has 0 radical (unpaired) electrons. The Hall–Kier alpha value is -5.80. The topological polar surface area (TPSA) is 30.7 Å². The highest BCUT2D eigenvalue weighted by Gasteiger charge is 2.17. The second kappa shape index (κ2) is 9.37. The van der Waals surface area contributed by atoms with Crippen LogP contribution < -0.4 is 0 Å². The summed E-state index contributed by atoms with van der Waals surface area (Å²) in [5.74, 6) is 1.56. The van der Waals surface area contributed by atoms with Crippen LogP contribution in [0.5, 0.6) is 0 Å². The summed E-state index contributed by atoms with van der Waals surface area (Å²) in [7, 11) is 0. The zero-order valence-electron chi connectivity index (χ0n) is 23.3. The molecule has 0 spiro atoms. The van der Waals surface area contributed by atoms with Crippen molar-refractivity contribution in [2.45, 2.75) is 0 Å². The SMILES string of the molecule is c1ccc(-c2cc(-n3c4ccccc4c4ccccc43)nc(-c3ccc4c5ccccc5c5ccccc5c4c3)n2)cc1. The molecule has 0 aliphatic heterocycles. The molecule has 9 aromatic rings. The van der Waals surface area contributed by atoms with E-state index in [1.165, 1.54) is 43.1 Å². The lowest BCUT2D eigenvalue weighted by molar-refractivity contribution is 1.05. The van der Waals surface area contributed by atoms with E-state index >= 15 is 0 Å². The molecule has 0 N–H and O–H groups in total. The molecule has 0 amide bonds. The first-order valence-corrected chi connectivity index (χ1v) is 14.6. The summed E-state index contributed by atoms with van der Waals surface area (Å²) in [6.07, 6.45) is 0. The van der Waals surface area contributed by atoms with E-state index in [2.05, 4.69) is 150 Å². The highest BCUT2D eigenvalue weighted by atomic mass is 15.1. The number of hydrogen-bond donors (Lipinski definition) is 0. The van der Waals surface area contributed by atoms with Crippen molar-refractivity contribution in [2.75, 3.05) is 0 Å². The smallest absolute Gasteiger partial charge is 0.162 e. The first-order chi connectivity index (χ1) is 21.3. The molecule has 0 saturated heterocycles. The summed E-state index contributed by atoms with van der Waals surface area (Å²) < 4.78 is 2.27. The summed E-state index contributed by atoms with van der Waals surface area (Å²) in [4.78, 5) is 10.4. The maximum atomic E-state index is 5.27. The Morgan fingerprint density at radius 3 is 1.44 bits per heavy atom. The van der Waals surface area contributed by atoms with Crippen molar-refractivity contribution in [3.8, 4) is 28.5 Å². The molecule has 0 fully saturated rings. The zero-order valence-corrected chi connectivity index (χ0v) is 23.3. The van der Waals surface area contributed by atoms with Crippen LogP contribution in [0.3, 0.4) is 0 Å². The van der Waals surface area contributed by atoms with Gasteiger partial charge in [-0.25, -0.2) is 9.97 Å². The van der Waals surface area contributed by atoms with Gasteiger partial charge in [-0.1, -0.05) is 127 Å². The quantitative estimate of drug-likeness (QED) is 0.206. The predicted octanol–water partition coefficient (Wildman–Crippen LogP) is 10.4. The van der Waals surface area contributed by atoms with Crippen molar-refractivity contribution in [1.29, 1.82) is 0 Å². The van der Waals surface area contributed by atoms with Gasteiger partial charge in [0.05, 0.1) is 16.7 Å². The van der Waals surface area contributed by atoms with Crippen LogP contribution in [0.2, 0.25) is 0 Å².